The maximum atomic E-state index is 12.6. The van der Waals surface area contributed by atoms with Crippen molar-refractivity contribution in [1.82, 2.24) is 9.29 Å². The zero-order valence-electron chi connectivity index (χ0n) is 16.3. The summed E-state index contributed by atoms with van der Waals surface area (Å²) in [5.74, 6) is -0.502. The Hall–Kier alpha value is -1.77. The summed E-state index contributed by atoms with van der Waals surface area (Å²) in [6.45, 7) is 2.91. The zero-order valence-corrected chi connectivity index (χ0v) is 18.0. The summed E-state index contributed by atoms with van der Waals surface area (Å²) in [6.07, 6.45) is 6.02. The van der Waals surface area contributed by atoms with Gasteiger partial charge in [0.1, 0.15) is 0 Å². The van der Waals surface area contributed by atoms with E-state index in [1.807, 2.05) is 5.38 Å². The third-order valence-corrected chi connectivity index (χ3v) is 7.05. The first-order valence-electron chi connectivity index (χ1n) is 9.67. The number of unbranched alkanes of at least 4 members (excludes halogenated alkanes) is 1. The fourth-order valence-corrected chi connectivity index (χ4v) is 4.99. The molecule has 1 unspecified atom stereocenters. The lowest BCUT2D eigenvalue weighted by molar-refractivity contribution is -0.120. The predicted octanol–water partition coefficient (Wildman–Crippen LogP) is 3.76. The number of thiazole rings is 1. The second-order valence-electron chi connectivity index (χ2n) is 7.29. The highest BCUT2D eigenvalue weighted by molar-refractivity contribution is 7.88. The molecule has 1 aliphatic heterocycles. The van der Waals surface area contributed by atoms with Crippen LogP contribution in [-0.4, -0.2) is 43.0 Å². The first-order valence-corrected chi connectivity index (χ1v) is 12.4. The molecule has 1 amide bonds. The molecule has 1 saturated heterocycles. The van der Waals surface area contributed by atoms with Crippen molar-refractivity contribution in [2.75, 3.05) is 24.7 Å². The third kappa shape index (κ3) is 5.40. The Balaban J connectivity index is 1.62. The molecule has 0 bridgehead atoms. The van der Waals surface area contributed by atoms with Gasteiger partial charge in [0.2, 0.25) is 15.9 Å². The highest BCUT2D eigenvalue weighted by atomic mass is 32.2. The summed E-state index contributed by atoms with van der Waals surface area (Å²) in [4.78, 5) is 17.1. The van der Waals surface area contributed by atoms with Crippen LogP contribution in [0.25, 0.3) is 11.3 Å². The molecule has 6 nitrogen and oxygen atoms in total. The minimum absolute atomic E-state index is 0.163. The summed E-state index contributed by atoms with van der Waals surface area (Å²) in [7, 11) is -3.27. The standard InChI is InChI=1S/C20H27N3O3S2/c1-3-4-6-15-8-10-16(11-9-15)18-14-27-20(21-18)22-19(24)17-7-5-12-23(13-17)28(2,25)26/h8-11,14,17H,3-7,12-13H2,1-2H3,(H,21,22,24). The molecule has 2 heterocycles. The van der Waals surface area contributed by atoms with E-state index in [1.54, 1.807) is 0 Å². The molecular weight excluding hydrogens is 394 g/mol. The Morgan fingerprint density at radius 1 is 1.32 bits per heavy atom. The molecule has 1 aliphatic rings. The van der Waals surface area contributed by atoms with Crippen LogP contribution in [0.2, 0.25) is 0 Å². The number of amides is 1. The Kier molecular flexibility index (Phi) is 6.85. The van der Waals surface area contributed by atoms with Gasteiger partial charge in [-0.2, -0.15) is 0 Å². The third-order valence-electron chi connectivity index (χ3n) is 5.03. The number of carbonyl (C=O) groups is 1. The zero-order chi connectivity index (χ0) is 20.1. The molecule has 0 spiro atoms. The van der Waals surface area contributed by atoms with Crippen LogP contribution in [0, 0.1) is 5.92 Å². The number of sulfonamides is 1. The van der Waals surface area contributed by atoms with E-state index in [9.17, 15) is 13.2 Å². The Bertz CT molecular complexity index is 907. The first kappa shape index (κ1) is 21.0. The van der Waals surface area contributed by atoms with Gasteiger partial charge in [-0.1, -0.05) is 37.6 Å². The van der Waals surface area contributed by atoms with E-state index in [4.69, 9.17) is 0 Å². The number of benzene rings is 1. The van der Waals surface area contributed by atoms with Crippen LogP contribution in [0.5, 0.6) is 0 Å². The quantitative estimate of drug-likeness (QED) is 0.738. The molecule has 1 atom stereocenters. The first-order chi connectivity index (χ1) is 13.4. The fourth-order valence-electron chi connectivity index (χ4n) is 3.35. The van der Waals surface area contributed by atoms with Gasteiger partial charge in [-0.25, -0.2) is 17.7 Å². The van der Waals surface area contributed by atoms with Crippen molar-refractivity contribution in [3.8, 4) is 11.3 Å². The van der Waals surface area contributed by atoms with Crippen molar-refractivity contribution in [2.45, 2.75) is 39.0 Å². The van der Waals surface area contributed by atoms with E-state index in [2.05, 4.69) is 41.5 Å². The highest BCUT2D eigenvalue weighted by Gasteiger charge is 2.30. The van der Waals surface area contributed by atoms with Crippen molar-refractivity contribution < 1.29 is 13.2 Å². The second-order valence-corrected chi connectivity index (χ2v) is 10.1. The van der Waals surface area contributed by atoms with Gasteiger partial charge in [-0.3, -0.25) is 4.79 Å². The van der Waals surface area contributed by atoms with E-state index < -0.39 is 10.0 Å². The second kappa shape index (κ2) is 9.15. The lowest BCUT2D eigenvalue weighted by Gasteiger charge is -2.29. The van der Waals surface area contributed by atoms with Crippen molar-refractivity contribution in [3.63, 3.8) is 0 Å². The molecule has 2 aromatic rings. The van der Waals surface area contributed by atoms with Gasteiger partial charge in [-0.05, 0) is 31.2 Å². The summed E-state index contributed by atoms with van der Waals surface area (Å²) in [6, 6.07) is 8.39. The molecule has 1 aromatic heterocycles. The smallest absolute Gasteiger partial charge is 0.230 e. The minimum atomic E-state index is -3.27. The summed E-state index contributed by atoms with van der Waals surface area (Å²) in [5.41, 5.74) is 3.18. The maximum Gasteiger partial charge on any atom is 0.230 e. The number of hydrogen-bond acceptors (Lipinski definition) is 5. The van der Waals surface area contributed by atoms with Crippen LogP contribution in [0.15, 0.2) is 29.6 Å². The van der Waals surface area contributed by atoms with Crippen molar-refractivity contribution in [2.24, 2.45) is 5.92 Å². The number of aromatic nitrogens is 1. The molecule has 8 heteroatoms. The average Bonchev–Trinajstić information content (AvgIpc) is 3.14. The van der Waals surface area contributed by atoms with Crippen LogP contribution in [0.1, 0.15) is 38.2 Å². The van der Waals surface area contributed by atoms with Crippen LogP contribution in [0.3, 0.4) is 0 Å². The molecule has 1 fully saturated rings. The average molecular weight is 422 g/mol. The van der Waals surface area contributed by atoms with Gasteiger partial charge in [0.05, 0.1) is 17.9 Å². The molecule has 3 rings (SSSR count). The largest absolute Gasteiger partial charge is 0.302 e. The number of rotatable bonds is 7. The van der Waals surface area contributed by atoms with Gasteiger partial charge in [0.25, 0.3) is 0 Å². The van der Waals surface area contributed by atoms with E-state index in [0.29, 0.717) is 24.5 Å². The molecule has 0 aliphatic carbocycles. The van der Waals surface area contributed by atoms with Gasteiger partial charge >= 0.3 is 0 Å². The van der Waals surface area contributed by atoms with Crippen LogP contribution in [-0.2, 0) is 21.2 Å². The van der Waals surface area contributed by atoms with E-state index in [1.165, 1.54) is 40.3 Å². The fraction of sp³-hybridized carbons (Fsp3) is 0.500. The van der Waals surface area contributed by atoms with Crippen molar-refractivity contribution >= 4 is 32.4 Å². The topological polar surface area (TPSA) is 79.4 Å². The SMILES string of the molecule is CCCCc1ccc(-c2csc(NC(=O)C3CCCN(S(C)(=O)=O)C3)n2)cc1. The lowest BCUT2D eigenvalue weighted by atomic mass is 9.99. The maximum absolute atomic E-state index is 12.6. The van der Waals surface area contributed by atoms with Gasteiger partial charge in [0, 0.05) is 24.0 Å². The van der Waals surface area contributed by atoms with E-state index in [-0.39, 0.29) is 18.4 Å². The van der Waals surface area contributed by atoms with Crippen molar-refractivity contribution in [1.29, 1.82) is 0 Å². The summed E-state index contributed by atoms with van der Waals surface area (Å²) < 4.78 is 24.9. The Labute approximate surface area is 171 Å². The monoisotopic (exact) mass is 421 g/mol. The molecule has 0 saturated carbocycles. The van der Waals surface area contributed by atoms with Gasteiger partial charge in [-0.15, -0.1) is 11.3 Å². The van der Waals surface area contributed by atoms with Gasteiger partial charge in [0.15, 0.2) is 5.13 Å². The summed E-state index contributed by atoms with van der Waals surface area (Å²) in [5, 5.41) is 5.34. The number of aryl methyl sites for hydroxylation is 1. The number of nitrogens with zero attached hydrogens (tertiary/aromatic N) is 2. The molecule has 1 aromatic carbocycles. The molecule has 0 radical (unpaired) electrons. The number of piperidine rings is 1. The number of hydrogen-bond donors (Lipinski definition) is 1. The van der Waals surface area contributed by atoms with Crippen molar-refractivity contribution in [3.05, 3.63) is 35.2 Å². The Morgan fingerprint density at radius 3 is 2.75 bits per heavy atom. The Morgan fingerprint density at radius 2 is 2.07 bits per heavy atom. The van der Waals surface area contributed by atoms with Crippen LogP contribution in [0.4, 0.5) is 5.13 Å². The molecule has 28 heavy (non-hydrogen) atoms. The van der Waals surface area contributed by atoms with Crippen LogP contribution >= 0.6 is 11.3 Å². The van der Waals surface area contributed by atoms with E-state index >= 15 is 0 Å². The van der Waals surface area contributed by atoms with E-state index in [0.717, 1.165) is 17.7 Å². The normalized spacial score (nSPS) is 18.1. The number of anilines is 1. The van der Waals surface area contributed by atoms with Crippen LogP contribution < -0.4 is 5.32 Å². The molecular formula is C20H27N3O3S2. The lowest BCUT2D eigenvalue weighted by Crippen LogP contribution is -2.43. The van der Waals surface area contributed by atoms with Gasteiger partial charge < -0.3 is 5.32 Å². The number of nitrogens with one attached hydrogen (secondary N) is 1. The molecule has 152 valence electrons. The number of carbonyl (C=O) groups excluding carboxylic acids is 1. The molecule has 1 N–H and O–H groups in total. The highest BCUT2D eigenvalue weighted by Crippen LogP contribution is 2.27. The predicted molar refractivity (Wildman–Crippen MR) is 114 cm³/mol. The summed E-state index contributed by atoms with van der Waals surface area (Å²) >= 11 is 1.39. The minimum Gasteiger partial charge on any atom is -0.302 e.